The van der Waals surface area contributed by atoms with Crippen molar-refractivity contribution in [1.29, 1.82) is 0 Å². The first-order chi connectivity index (χ1) is 8.87. The van der Waals surface area contributed by atoms with E-state index < -0.39 is 10.7 Å². The monoisotopic (exact) mass is 286 g/mol. The minimum Gasteiger partial charge on any atom is -0.377 e. The van der Waals surface area contributed by atoms with Crippen molar-refractivity contribution in [1.82, 2.24) is 0 Å². The summed E-state index contributed by atoms with van der Waals surface area (Å²) in [6.07, 6.45) is -0.145. The van der Waals surface area contributed by atoms with Crippen LogP contribution in [-0.2, 0) is 9.47 Å². The van der Waals surface area contributed by atoms with Gasteiger partial charge in [0.1, 0.15) is 11.8 Å². The van der Waals surface area contributed by atoms with Crippen molar-refractivity contribution in [2.24, 2.45) is 0 Å². The van der Waals surface area contributed by atoms with Crippen molar-refractivity contribution < 1.29 is 14.4 Å². The molecule has 19 heavy (non-hydrogen) atoms. The Labute approximate surface area is 115 Å². The standard InChI is InChI=1S/C12H15ClN2O4/c1-12(2)18-7-9(19-12)6-14-10-5-8(13)3-4-11(10)15(16)17/h3-5,9,14H,6-7H2,1-2H3. The largest absolute Gasteiger partial charge is 0.377 e. The average molecular weight is 287 g/mol. The highest BCUT2D eigenvalue weighted by Gasteiger charge is 2.32. The number of halogens is 1. The molecule has 0 bridgehead atoms. The molecule has 0 radical (unpaired) electrons. The van der Waals surface area contributed by atoms with E-state index in [2.05, 4.69) is 5.32 Å². The first-order valence-electron chi connectivity index (χ1n) is 5.87. The minimum atomic E-state index is -0.605. The average Bonchev–Trinajstić information content (AvgIpc) is 2.66. The van der Waals surface area contributed by atoms with Crippen LogP contribution in [0.4, 0.5) is 11.4 Å². The van der Waals surface area contributed by atoms with Gasteiger partial charge in [0.05, 0.1) is 11.5 Å². The maximum atomic E-state index is 10.9. The molecule has 1 aliphatic heterocycles. The Morgan fingerprint density at radius 1 is 1.58 bits per heavy atom. The zero-order valence-electron chi connectivity index (χ0n) is 10.7. The van der Waals surface area contributed by atoms with Gasteiger partial charge in [0.25, 0.3) is 5.69 Å². The van der Waals surface area contributed by atoms with Gasteiger partial charge < -0.3 is 14.8 Å². The molecule has 0 amide bonds. The van der Waals surface area contributed by atoms with Gasteiger partial charge >= 0.3 is 0 Å². The van der Waals surface area contributed by atoms with E-state index in [0.717, 1.165) is 0 Å². The lowest BCUT2D eigenvalue weighted by atomic mass is 10.2. The predicted octanol–water partition coefficient (Wildman–Crippen LogP) is 2.81. The topological polar surface area (TPSA) is 73.6 Å². The van der Waals surface area contributed by atoms with Gasteiger partial charge in [0.15, 0.2) is 5.79 Å². The number of hydrogen-bond acceptors (Lipinski definition) is 5. The van der Waals surface area contributed by atoms with E-state index in [9.17, 15) is 10.1 Å². The van der Waals surface area contributed by atoms with E-state index in [1.165, 1.54) is 18.2 Å². The Hall–Kier alpha value is -1.37. The highest BCUT2D eigenvalue weighted by atomic mass is 35.5. The molecular formula is C12H15ClN2O4. The summed E-state index contributed by atoms with van der Waals surface area (Å²) in [5, 5.41) is 14.3. The number of nitro benzene ring substituents is 1. The number of ether oxygens (including phenoxy) is 2. The zero-order valence-corrected chi connectivity index (χ0v) is 11.4. The Balaban J connectivity index is 2.03. The highest BCUT2D eigenvalue weighted by molar-refractivity contribution is 6.31. The van der Waals surface area contributed by atoms with Crippen LogP contribution >= 0.6 is 11.6 Å². The summed E-state index contributed by atoms with van der Waals surface area (Å²) in [6, 6.07) is 4.39. The molecule has 0 aliphatic carbocycles. The van der Waals surface area contributed by atoms with Gasteiger partial charge in [0, 0.05) is 17.6 Å². The first kappa shape index (κ1) is 14.0. The normalized spacial score (nSPS) is 21.3. The van der Waals surface area contributed by atoms with Crippen LogP contribution in [0.25, 0.3) is 0 Å². The summed E-state index contributed by atoms with van der Waals surface area (Å²) < 4.78 is 11.0. The van der Waals surface area contributed by atoms with Crippen molar-refractivity contribution in [3.05, 3.63) is 33.3 Å². The van der Waals surface area contributed by atoms with Crippen LogP contribution in [0.1, 0.15) is 13.8 Å². The van der Waals surface area contributed by atoms with E-state index >= 15 is 0 Å². The van der Waals surface area contributed by atoms with Gasteiger partial charge in [-0.1, -0.05) is 11.6 Å². The quantitative estimate of drug-likeness (QED) is 0.680. The lowest BCUT2D eigenvalue weighted by Crippen LogP contribution is -2.26. The van der Waals surface area contributed by atoms with Gasteiger partial charge in [-0.15, -0.1) is 0 Å². The van der Waals surface area contributed by atoms with Gasteiger partial charge in [0.2, 0.25) is 0 Å². The molecule has 0 saturated carbocycles. The predicted molar refractivity (Wildman–Crippen MR) is 71.5 cm³/mol. The molecule has 0 aromatic heterocycles. The van der Waals surface area contributed by atoms with E-state index in [4.69, 9.17) is 21.1 Å². The number of benzene rings is 1. The Bertz CT molecular complexity index is 493. The van der Waals surface area contributed by atoms with Crippen LogP contribution in [0.5, 0.6) is 0 Å². The van der Waals surface area contributed by atoms with Crippen LogP contribution in [-0.4, -0.2) is 30.0 Å². The van der Waals surface area contributed by atoms with Gasteiger partial charge in [-0.25, -0.2) is 0 Å². The first-order valence-corrected chi connectivity index (χ1v) is 6.25. The van der Waals surface area contributed by atoms with Crippen LogP contribution < -0.4 is 5.32 Å². The number of nitro groups is 1. The maximum Gasteiger partial charge on any atom is 0.292 e. The van der Waals surface area contributed by atoms with Crippen molar-refractivity contribution in [3.8, 4) is 0 Å². The minimum absolute atomic E-state index is 0.0115. The van der Waals surface area contributed by atoms with Crippen molar-refractivity contribution >= 4 is 23.0 Å². The molecule has 104 valence electrons. The number of rotatable bonds is 4. The zero-order chi connectivity index (χ0) is 14.0. The molecule has 1 N–H and O–H groups in total. The molecule has 1 fully saturated rings. The van der Waals surface area contributed by atoms with Crippen molar-refractivity contribution in [2.45, 2.75) is 25.7 Å². The molecule has 7 heteroatoms. The summed E-state index contributed by atoms with van der Waals surface area (Å²) in [6.45, 7) is 4.53. The third kappa shape index (κ3) is 3.56. The number of nitrogens with zero attached hydrogens (tertiary/aromatic N) is 1. The molecule has 0 spiro atoms. The summed E-state index contributed by atoms with van der Waals surface area (Å²) in [7, 11) is 0. The molecule has 1 heterocycles. The molecule has 1 atom stereocenters. The fraction of sp³-hybridized carbons (Fsp3) is 0.500. The Morgan fingerprint density at radius 2 is 2.32 bits per heavy atom. The van der Waals surface area contributed by atoms with E-state index in [1.807, 2.05) is 13.8 Å². The maximum absolute atomic E-state index is 10.9. The Kier molecular flexibility index (Phi) is 3.93. The molecule has 1 aliphatic rings. The summed E-state index contributed by atoms with van der Waals surface area (Å²) in [5.41, 5.74) is 0.369. The fourth-order valence-corrected chi connectivity index (χ4v) is 2.07. The smallest absolute Gasteiger partial charge is 0.292 e. The summed E-state index contributed by atoms with van der Waals surface area (Å²) in [4.78, 5) is 10.4. The number of nitrogens with one attached hydrogen (secondary N) is 1. The molecular weight excluding hydrogens is 272 g/mol. The number of hydrogen-bond donors (Lipinski definition) is 1. The number of anilines is 1. The van der Waals surface area contributed by atoms with Crippen LogP contribution in [0.2, 0.25) is 5.02 Å². The SMILES string of the molecule is CC1(C)OCC(CNc2cc(Cl)ccc2[N+](=O)[O-])O1. The third-order valence-electron chi connectivity index (χ3n) is 2.74. The van der Waals surface area contributed by atoms with E-state index in [0.29, 0.717) is 23.9 Å². The van der Waals surface area contributed by atoms with Crippen LogP contribution in [0.15, 0.2) is 18.2 Å². The molecule has 1 aromatic carbocycles. The molecule has 1 saturated heterocycles. The third-order valence-corrected chi connectivity index (χ3v) is 2.98. The lowest BCUT2D eigenvalue weighted by Gasteiger charge is -2.17. The van der Waals surface area contributed by atoms with Gasteiger partial charge in [-0.2, -0.15) is 0 Å². The van der Waals surface area contributed by atoms with Crippen LogP contribution in [0.3, 0.4) is 0 Å². The second-order valence-electron chi connectivity index (χ2n) is 4.75. The van der Waals surface area contributed by atoms with Gasteiger partial charge in [-0.3, -0.25) is 10.1 Å². The molecule has 1 unspecified atom stereocenters. The summed E-state index contributed by atoms with van der Waals surface area (Å²) >= 11 is 5.84. The lowest BCUT2D eigenvalue weighted by molar-refractivity contribution is -0.384. The molecule has 1 aromatic rings. The van der Waals surface area contributed by atoms with Crippen LogP contribution in [0, 0.1) is 10.1 Å². The summed E-state index contributed by atoms with van der Waals surface area (Å²) in [5.74, 6) is -0.605. The second-order valence-corrected chi connectivity index (χ2v) is 5.19. The van der Waals surface area contributed by atoms with Gasteiger partial charge in [-0.05, 0) is 26.0 Å². The van der Waals surface area contributed by atoms with E-state index in [1.54, 1.807) is 0 Å². The van der Waals surface area contributed by atoms with Crippen molar-refractivity contribution in [3.63, 3.8) is 0 Å². The second kappa shape index (κ2) is 5.32. The molecule has 6 nitrogen and oxygen atoms in total. The fourth-order valence-electron chi connectivity index (χ4n) is 1.90. The van der Waals surface area contributed by atoms with E-state index in [-0.39, 0.29) is 11.8 Å². The molecule has 2 rings (SSSR count). The Morgan fingerprint density at radius 3 is 2.89 bits per heavy atom. The highest BCUT2D eigenvalue weighted by Crippen LogP contribution is 2.28. The van der Waals surface area contributed by atoms with Crippen molar-refractivity contribution in [2.75, 3.05) is 18.5 Å².